The minimum Gasteiger partial charge on any atom is -0.392 e. The van der Waals surface area contributed by atoms with Crippen LogP contribution in [0.15, 0.2) is 48.5 Å². The van der Waals surface area contributed by atoms with Crippen molar-refractivity contribution in [2.75, 3.05) is 5.32 Å². The van der Waals surface area contributed by atoms with Crippen molar-refractivity contribution in [3.63, 3.8) is 0 Å². The highest BCUT2D eigenvalue weighted by atomic mass is 16.3. The molecule has 3 N–H and O–H groups in total. The number of aliphatic hydroxyl groups excluding tert-OH is 1. The topological polar surface area (TPSA) is 78.4 Å². The van der Waals surface area contributed by atoms with Crippen molar-refractivity contribution < 1.29 is 14.7 Å². The van der Waals surface area contributed by atoms with Crippen molar-refractivity contribution in [3.05, 3.63) is 65.2 Å². The third kappa shape index (κ3) is 4.25. The highest BCUT2D eigenvalue weighted by molar-refractivity contribution is 6.03. The van der Waals surface area contributed by atoms with Crippen LogP contribution in [-0.2, 0) is 22.6 Å². The zero-order valence-electron chi connectivity index (χ0n) is 14.2. The van der Waals surface area contributed by atoms with E-state index in [0.717, 1.165) is 22.4 Å². The number of carbonyl (C=O) groups is 2. The Bertz CT molecular complexity index is 771. The number of carbonyl (C=O) groups excluding carboxylic acids is 2. The number of nitrogens with one attached hydrogen (secondary N) is 2. The normalized spacial score (nSPS) is 18.1. The monoisotopic (exact) mass is 338 g/mol. The summed E-state index contributed by atoms with van der Waals surface area (Å²) in [5, 5.41) is 15.0. The molecule has 0 spiro atoms. The van der Waals surface area contributed by atoms with Crippen LogP contribution in [0.1, 0.15) is 36.1 Å². The van der Waals surface area contributed by atoms with Crippen LogP contribution >= 0.6 is 0 Å². The maximum Gasteiger partial charge on any atom is 0.230 e. The van der Waals surface area contributed by atoms with Crippen LogP contribution in [0.25, 0.3) is 0 Å². The Kier molecular flexibility index (Phi) is 5.14. The number of hydrogen-bond donors (Lipinski definition) is 3. The van der Waals surface area contributed by atoms with Gasteiger partial charge in [0.15, 0.2) is 0 Å². The molecule has 0 radical (unpaired) electrons. The molecular weight excluding hydrogens is 316 g/mol. The molecule has 5 heteroatoms. The lowest BCUT2D eigenvalue weighted by molar-refractivity contribution is -0.125. The Labute approximate surface area is 147 Å². The van der Waals surface area contributed by atoms with Crippen molar-refractivity contribution in [3.8, 4) is 0 Å². The molecule has 2 aromatic rings. The number of hydrogen-bond acceptors (Lipinski definition) is 4. The van der Waals surface area contributed by atoms with Gasteiger partial charge in [-0.2, -0.15) is 0 Å². The van der Waals surface area contributed by atoms with Gasteiger partial charge in [0.2, 0.25) is 11.8 Å². The fraction of sp³-hybridized carbons (Fsp3) is 0.300. The Balaban J connectivity index is 1.62. The van der Waals surface area contributed by atoms with E-state index in [1.807, 2.05) is 48.5 Å². The zero-order chi connectivity index (χ0) is 17.8. The van der Waals surface area contributed by atoms with Crippen LogP contribution in [-0.4, -0.2) is 16.9 Å². The molecule has 1 heterocycles. The number of anilines is 1. The van der Waals surface area contributed by atoms with E-state index in [1.54, 1.807) is 0 Å². The molecule has 2 aromatic carbocycles. The minimum atomic E-state index is -0.258. The molecule has 1 aliphatic heterocycles. The van der Waals surface area contributed by atoms with E-state index in [2.05, 4.69) is 17.6 Å². The Morgan fingerprint density at radius 2 is 1.92 bits per heavy atom. The quantitative estimate of drug-likeness (QED) is 0.707. The average Bonchev–Trinajstić information content (AvgIpc) is 2.93. The van der Waals surface area contributed by atoms with Crippen molar-refractivity contribution in [2.45, 2.75) is 32.4 Å². The Hall–Kier alpha value is -2.66. The Morgan fingerprint density at radius 3 is 2.56 bits per heavy atom. The van der Waals surface area contributed by atoms with Crippen molar-refractivity contribution in [1.82, 2.24) is 5.32 Å². The smallest absolute Gasteiger partial charge is 0.230 e. The highest BCUT2D eigenvalue weighted by Crippen LogP contribution is 2.22. The van der Waals surface area contributed by atoms with E-state index in [1.165, 1.54) is 0 Å². The Morgan fingerprint density at radius 1 is 1.16 bits per heavy atom. The molecule has 5 nitrogen and oxygen atoms in total. The summed E-state index contributed by atoms with van der Waals surface area (Å²) in [6.45, 7) is 2.10. The number of imide groups is 1. The van der Waals surface area contributed by atoms with Gasteiger partial charge >= 0.3 is 0 Å². The minimum absolute atomic E-state index is 0.0342. The highest BCUT2D eigenvalue weighted by Gasteiger charge is 2.30. The van der Waals surface area contributed by atoms with Crippen molar-refractivity contribution in [1.29, 1.82) is 0 Å². The number of benzene rings is 2. The average molecular weight is 338 g/mol. The van der Waals surface area contributed by atoms with E-state index in [9.17, 15) is 14.7 Å². The van der Waals surface area contributed by atoms with Crippen LogP contribution in [0.2, 0.25) is 0 Å². The molecule has 0 aromatic heterocycles. The first kappa shape index (κ1) is 17.2. The van der Waals surface area contributed by atoms with Crippen LogP contribution < -0.4 is 10.6 Å². The van der Waals surface area contributed by atoms with Crippen molar-refractivity contribution >= 4 is 17.5 Å². The van der Waals surface area contributed by atoms with Gasteiger partial charge in [0, 0.05) is 18.2 Å². The van der Waals surface area contributed by atoms with Crippen LogP contribution in [0.3, 0.4) is 0 Å². The first-order valence-electron chi connectivity index (χ1n) is 8.44. The summed E-state index contributed by atoms with van der Waals surface area (Å²) >= 11 is 0. The second-order valence-corrected chi connectivity index (χ2v) is 6.48. The summed E-state index contributed by atoms with van der Waals surface area (Å²) in [6.07, 6.45) is 0.850. The summed E-state index contributed by atoms with van der Waals surface area (Å²) in [6, 6.07) is 15.9. The van der Waals surface area contributed by atoms with E-state index in [4.69, 9.17) is 0 Å². The maximum atomic E-state index is 11.6. The van der Waals surface area contributed by atoms with E-state index >= 15 is 0 Å². The van der Waals surface area contributed by atoms with Gasteiger partial charge in [-0.3, -0.25) is 14.9 Å². The molecule has 2 unspecified atom stereocenters. The lowest BCUT2D eigenvalue weighted by atomic mass is 9.97. The molecule has 2 amide bonds. The van der Waals surface area contributed by atoms with Crippen LogP contribution in [0, 0.1) is 5.92 Å². The summed E-state index contributed by atoms with van der Waals surface area (Å²) in [4.78, 5) is 22.9. The van der Waals surface area contributed by atoms with E-state index < -0.39 is 0 Å². The fourth-order valence-corrected chi connectivity index (χ4v) is 3.09. The van der Waals surface area contributed by atoms with Gasteiger partial charge in [-0.05, 0) is 42.2 Å². The standard InChI is InChI=1S/C20H22N2O3/c1-13(16-4-2-3-15(10-16)12-23)21-18-7-5-14(6-8-18)9-17-11-19(24)22-20(17)25/h2-8,10,13,17,21,23H,9,11-12H2,1H3,(H,22,24,25). The molecule has 1 aliphatic rings. The summed E-state index contributed by atoms with van der Waals surface area (Å²) < 4.78 is 0. The van der Waals surface area contributed by atoms with Gasteiger partial charge in [-0.1, -0.05) is 36.4 Å². The summed E-state index contributed by atoms with van der Waals surface area (Å²) in [7, 11) is 0. The van der Waals surface area contributed by atoms with Crippen LogP contribution in [0.4, 0.5) is 5.69 Å². The summed E-state index contributed by atoms with van der Waals surface area (Å²) in [5.41, 5.74) is 4.02. The zero-order valence-corrected chi connectivity index (χ0v) is 14.2. The molecule has 25 heavy (non-hydrogen) atoms. The third-order valence-corrected chi connectivity index (χ3v) is 4.52. The molecule has 3 rings (SSSR count). The fourth-order valence-electron chi connectivity index (χ4n) is 3.09. The first-order chi connectivity index (χ1) is 12.0. The van der Waals surface area contributed by atoms with Crippen LogP contribution in [0.5, 0.6) is 0 Å². The predicted octanol–water partition coefficient (Wildman–Crippen LogP) is 2.56. The lowest BCUT2D eigenvalue weighted by Crippen LogP contribution is -2.22. The number of aliphatic hydroxyl groups is 1. The second kappa shape index (κ2) is 7.49. The maximum absolute atomic E-state index is 11.6. The van der Waals surface area contributed by atoms with Gasteiger partial charge in [-0.25, -0.2) is 0 Å². The molecule has 0 bridgehead atoms. The lowest BCUT2D eigenvalue weighted by Gasteiger charge is -2.17. The predicted molar refractivity (Wildman–Crippen MR) is 95.8 cm³/mol. The van der Waals surface area contributed by atoms with E-state index in [0.29, 0.717) is 6.42 Å². The summed E-state index contributed by atoms with van der Waals surface area (Å²) in [5.74, 6) is -0.622. The third-order valence-electron chi connectivity index (χ3n) is 4.52. The SMILES string of the molecule is CC(Nc1ccc(CC2CC(=O)NC2=O)cc1)c1cccc(CO)c1. The largest absolute Gasteiger partial charge is 0.392 e. The van der Waals surface area contributed by atoms with E-state index in [-0.39, 0.29) is 36.8 Å². The van der Waals surface area contributed by atoms with Gasteiger partial charge < -0.3 is 10.4 Å². The molecule has 0 aliphatic carbocycles. The molecule has 2 atom stereocenters. The molecule has 1 saturated heterocycles. The number of rotatable bonds is 6. The molecule has 0 saturated carbocycles. The first-order valence-corrected chi connectivity index (χ1v) is 8.44. The molecule has 1 fully saturated rings. The van der Waals surface area contributed by atoms with Gasteiger partial charge in [0.05, 0.1) is 12.5 Å². The van der Waals surface area contributed by atoms with Gasteiger partial charge in [0.1, 0.15) is 0 Å². The van der Waals surface area contributed by atoms with Gasteiger partial charge in [0.25, 0.3) is 0 Å². The number of amides is 2. The molecular formula is C20H22N2O3. The second-order valence-electron chi connectivity index (χ2n) is 6.48. The van der Waals surface area contributed by atoms with Gasteiger partial charge in [-0.15, -0.1) is 0 Å². The van der Waals surface area contributed by atoms with Crippen molar-refractivity contribution in [2.24, 2.45) is 5.92 Å². The molecule has 130 valence electrons.